The number of esters is 1. The first-order valence-corrected chi connectivity index (χ1v) is 12.4. The molecule has 1 atom stereocenters. The highest BCUT2D eigenvalue weighted by molar-refractivity contribution is 9.10. The van der Waals surface area contributed by atoms with Gasteiger partial charge in [0.05, 0.1) is 24.5 Å². The van der Waals surface area contributed by atoms with Gasteiger partial charge in [-0.15, -0.1) is 0 Å². The number of imidazole rings is 1. The number of nitrogens with one attached hydrogen (secondary N) is 1. The summed E-state index contributed by atoms with van der Waals surface area (Å²) >= 11 is 3.42. The van der Waals surface area contributed by atoms with Crippen LogP contribution in [-0.4, -0.2) is 55.4 Å². The maximum absolute atomic E-state index is 13.3. The zero-order valence-electron chi connectivity index (χ0n) is 20.2. The topological polar surface area (TPSA) is 118 Å². The molecule has 3 heterocycles. The van der Waals surface area contributed by atoms with Crippen molar-refractivity contribution in [3.8, 4) is 0 Å². The monoisotopic (exact) mass is 554 g/mol. The summed E-state index contributed by atoms with van der Waals surface area (Å²) in [5, 5.41) is 11.5. The Morgan fingerprint density at radius 1 is 1.19 bits per heavy atom. The quantitative estimate of drug-likeness (QED) is 0.186. The van der Waals surface area contributed by atoms with Gasteiger partial charge < -0.3 is 24.3 Å². The summed E-state index contributed by atoms with van der Waals surface area (Å²) in [6, 6.07) is 6.51. The van der Waals surface area contributed by atoms with Gasteiger partial charge >= 0.3 is 5.97 Å². The molecular weight excluding hydrogens is 528 g/mol. The van der Waals surface area contributed by atoms with Crippen LogP contribution in [0.25, 0.3) is 5.76 Å². The number of aliphatic hydroxyl groups is 1. The molecule has 0 bridgehead atoms. The number of aromatic amines is 1. The highest BCUT2D eigenvalue weighted by atomic mass is 79.9. The number of H-pyrrole nitrogens is 1. The van der Waals surface area contributed by atoms with Crippen LogP contribution in [0.3, 0.4) is 0 Å². The number of ether oxygens (including phenoxy) is 1. The van der Waals surface area contributed by atoms with Gasteiger partial charge in [0.1, 0.15) is 11.5 Å². The van der Waals surface area contributed by atoms with Crippen molar-refractivity contribution in [2.24, 2.45) is 0 Å². The number of amides is 1. The Bertz CT molecular complexity index is 1330. The fourth-order valence-electron chi connectivity index (χ4n) is 4.59. The van der Waals surface area contributed by atoms with Crippen molar-refractivity contribution in [2.75, 3.05) is 13.2 Å². The summed E-state index contributed by atoms with van der Waals surface area (Å²) in [5.41, 5.74) is 2.14. The van der Waals surface area contributed by atoms with Crippen LogP contribution in [0.4, 0.5) is 0 Å². The fraction of sp³-hybridized carbons (Fsp3) is 0.308. The van der Waals surface area contributed by atoms with Gasteiger partial charge in [0, 0.05) is 41.2 Å². The molecule has 36 heavy (non-hydrogen) atoms. The molecule has 1 aliphatic heterocycles. The number of ketones is 1. The third-order valence-corrected chi connectivity index (χ3v) is 6.78. The number of aromatic nitrogens is 3. The summed E-state index contributed by atoms with van der Waals surface area (Å²) in [4.78, 5) is 47.4. The first-order chi connectivity index (χ1) is 17.2. The number of carbonyl (C=O) groups is 3. The molecule has 1 aromatic carbocycles. The molecule has 10 heteroatoms. The SMILES string of the molecule is CCOC(=O)c1[nH]c(C)c(C(O)=C2C(=O)C(=O)N(CCCn3ccnc3)C2c2ccc(Br)cc2)c1C. The number of Topliss-reactive ketones (excluding diaryl/α,β-unsaturated/α-hetero) is 1. The van der Waals surface area contributed by atoms with Crippen LogP contribution < -0.4 is 0 Å². The Kier molecular flexibility index (Phi) is 7.44. The second-order valence-corrected chi connectivity index (χ2v) is 9.46. The van der Waals surface area contributed by atoms with Gasteiger partial charge in [-0.25, -0.2) is 9.78 Å². The Hall–Kier alpha value is -3.66. The molecule has 0 aliphatic carbocycles. The zero-order chi connectivity index (χ0) is 26.0. The van der Waals surface area contributed by atoms with Crippen molar-refractivity contribution < 1.29 is 24.2 Å². The van der Waals surface area contributed by atoms with Gasteiger partial charge in [-0.2, -0.15) is 0 Å². The van der Waals surface area contributed by atoms with Crippen molar-refractivity contribution in [3.63, 3.8) is 0 Å². The molecule has 3 aromatic rings. The van der Waals surface area contributed by atoms with E-state index in [2.05, 4.69) is 25.9 Å². The summed E-state index contributed by atoms with van der Waals surface area (Å²) in [7, 11) is 0. The molecular formula is C26H27BrN4O5. The second-order valence-electron chi connectivity index (χ2n) is 8.54. The molecule has 1 amide bonds. The molecule has 0 saturated carbocycles. The van der Waals surface area contributed by atoms with Crippen LogP contribution in [0.15, 0.2) is 53.0 Å². The largest absolute Gasteiger partial charge is 0.507 e. The Morgan fingerprint density at radius 3 is 2.56 bits per heavy atom. The minimum atomic E-state index is -0.777. The number of hydrogen-bond acceptors (Lipinski definition) is 6. The number of carbonyl (C=O) groups excluding carboxylic acids is 3. The van der Waals surface area contributed by atoms with E-state index in [1.807, 2.05) is 35.0 Å². The average molecular weight is 555 g/mol. The van der Waals surface area contributed by atoms with Gasteiger partial charge in [-0.3, -0.25) is 9.59 Å². The lowest BCUT2D eigenvalue weighted by Gasteiger charge is -2.25. The highest BCUT2D eigenvalue weighted by Gasteiger charge is 2.46. The van der Waals surface area contributed by atoms with E-state index < -0.39 is 23.7 Å². The number of aryl methyl sites for hydroxylation is 2. The van der Waals surface area contributed by atoms with Crippen molar-refractivity contribution in [3.05, 3.63) is 81.1 Å². The van der Waals surface area contributed by atoms with Crippen LogP contribution in [0.5, 0.6) is 0 Å². The minimum absolute atomic E-state index is 0.00874. The number of benzene rings is 1. The molecule has 1 saturated heterocycles. The van der Waals surface area contributed by atoms with Crippen LogP contribution in [0.2, 0.25) is 0 Å². The summed E-state index contributed by atoms with van der Waals surface area (Å²) in [5.74, 6) is -2.31. The van der Waals surface area contributed by atoms with Gasteiger partial charge in [-0.05, 0) is 50.5 Å². The lowest BCUT2D eigenvalue weighted by Crippen LogP contribution is -2.31. The number of halogens is 1. The van der Waals surface area contributed by atoms with Crippen molar-refractivity contribution in [2.45, 2.75) is 39.8 Å². The predicted molar refractivity (Wildman–Crippen MR) is 136 cm³/mol. The molecule has 9 nitrogen and oxygen atoms in total. The van der Waals surface area contributed by atoms with Gasteiger partial charge in [0.2, 0.25) is 0 Å². The average Bonchev–Trinajstić information content (AvgIpc) is 3.53. The standard InChI is InChI=1S/C26H27BrN4O5/c1-4-36-26(35)21-15(2)19(16(3)29-21)23(32)20-22(17-6-8-18(27)9-7-17)31(25(34)24(20)33)12-5-11-30-13-10-28-14-30/h6-10,13-14,22,29,32H,4-5,11-12H2,1-3H3. The number of aliphatic hydroxyl groups excluding tert-OH is 1. The normalized spacial score (nSPS) is 17.1. The molecule has 0 radical (unpaired) electrons. The molecule has 2 aromatic heterocycles. The third-order valence-electron chi connectivity index (χ3n) is 6.25. The summed E-state index contributed by atoms with van der Waals surface area (Å²) in [6.07, 6.45) is 5.80. The number of hydrogen-bond donors (Lipinski definition) is 2. The Balaban J connectivity index is 1.78. The maximum Gasteiger partial charge on any atom is 0.355 e. The number of nitrogens with zero attached hydrogens (tertiary/aromatic N) is 3. The van der Waals surface area contributed by atoms with Gasteiger partial charge in [-0.1, -0.05) is 28.1 Å². The van der Waals surface area contributed by atoms with E-state index in [0.29, 0.717) is 41.9 Å². The molecule has 2 N–H and O–H groups in total. The van der Waals surface area contributed by atoms with E-state index in [-0.39, 0.29) is 23.6 Å². The van der Waals surface area contributed by atoms with E-state index >= 15 is 0 Å². The van der Waals surface area contributed by atoms with E-state index in [0.717, 1.165) is 4.47 Å². The Morgan fingerprint density at radius 2 is 1.92 bits per heavy atom. The zero-order valence-corrected chi connectivity index (χ0v) is 21.8. The highest BCUT2D eigenvalue weighted by Crippen LogP contribution is 2.41. The van der Waals surface area contributed by atoms with Crippen LogP contribution in [0, 0.1) is 13.8 Å². The smallest absolute Gasteiger partial charge is 0.355 e. The molecule has 1 fully saturated rings. The minimum Gasteiger partial charge on any atom is -0.507 e. The second kappa shape index (κ2) is 10.5. The van der Waals surface area contributed by atoms with Crippen molar-refractivity contribution in [1.29, 1.82) is 0 Å². The molecule has 0 spiro atoms. The van der Waals surface area contributed by atoms with E-state index in [1.54, 1.807) is 33.3 Å². The van der Waals surface area contributed by atoms with Crippen LogP contribution in [0.1, 0.15) is 52.3 Å². The first kappa shape index (κ1) is 25.4. The van der Waals surface area contributed by atoms with E-state index in [9.17, 15) is 19.5 Å². The van der Waals surface area contributed by atoms with Crippen LogP contribution >= 0.6 is 15.9 Å². The van der Waals surface area contributed by atoms with E-state index in [4.69, 9.17) is 4.74 Å². The molecule has 4 rings (SSSR count). The third kappa shape index (κ3) is 4.73. The molecule has 188 valence electrons. The van der Waals surface area contributed by atoms with Gasteiger partial charge in [0.15, 0.2) is 0 Å². The maximum atomic E-state index is 13.3. The predicted octanol–water partition coefficient (Wildman–Crippen LogP) is 4.28. The van der Waals surface area contributed by atoms with Crippen molar-refractivity contribution >= 4 is 39.3 Å². The van der Waals surface area contributed by atoms with Gasteiger partial charge in [0.25, 0.3) is 11.7 Å². The van der Waals surface area contributed by atoms with Crippen LogP contribution in [-0.2, 0) is 20.9 Å². The summed E-state index contributed by atoms with van der Waals surface area (Å²) < 4.78 is 7.85. The lowest BCUT2D eigenvalue weighted by molar-refractivity contribution is -0.139. The van der Waals surface area contributed by atoms with E-state index in [1.165, 1.54) is 4.90 Å². The number of likely N-dealkylation sites (tertiary alicyclic amines) is 1. The fourth-order valence-corrected chi connectivity index (χ4v) is 4.86. The molecule has 1 aliphatic rings. The van der Waals surface area contributed by atoms with Crippen molar-refractivity contribution in [1.82, 2.24) is 19.4 Å². The Labute approximate surface area is 216 Å². The number of rotatable bonds is 8. The first-order valence-electron chi connectivity index (χ1n) is 11.6. The molecule has 1 unspecified atom stereocenters. The lowest BCUT2D eigenvalue weighted by atomic mass is 9.94. The summed E-state index contributed by atoms with van der Waals surface area (Å²) in [6.45, 7) is 6.19.